The standard InChI is InChI=1S/C16H25N3O3S/c1-23(20,21)18-8-14-6-17-19(7-12-2-3-12)16(14)15(9-18)11-22-10-13-4-5-13/h6,12-13,15H,2-5,7-11H2,1H3/t15-/m0/s1. The Morgan fingerprint density at radius 2 is 1.96 bits per heavy atom. The van der Waals surface area contributed by atoms with Crippen molar-refractivity contribution in [2.75, 3.05) is 26.0 Å². The molecule has 0 N–H and O–H groups in total. The molecule has 1 aromatic rings. The topological polar surface area (TPSA) is 64.4 Å². The summed E-state index contributed by atoms with van der Waals surface area (Å²) in [6, 6.07) is 0. The van der Waals surface area contributed by atoms with Crippen LogP contribution in [-0.4, -0.2) is 48.5 Å². The van der Waals surface area contributed by atoms with Crippen molar-refractivity contribution in [3.8, 4) is 0 Å². The summed E-state index contributed by atoms with van der Waals surface area (Å²) in [7, 11) is -3.19. The molecule has 2 aliphatic carbocycles. The van der Waals surface area contributed by atoms with E-state index in [1.165, 1.54) is 37.6 Å². The van der Waals surface area contributed by atoms with Gasteiger partial charge in [-0.2, -0.15) is 9.40 Å². The van der Waals surface area contributed by atoms with Crippen LogP contribution in [-0.2, 0) is 27.8 Å². The van der Waals surface area contributed by atoms with Crippen molar-refractivity contribution in [3.63, 3.8) is 0 Å². The summed E-state index contributed by atoms with van der Waals surface area (Å²) in [5.74, 6) is 1.56. The molecule has 2 heterocycles. The molecule has 3 aliphatic rings. The summed E-state index contributed by atoms with van der Waals surface area (Å²) in [6.45, 7) is 3.31. The highest BCUT2D eigenvalue weighted by molar-refractivity contribution is 7.88. The predicted molar refractivity (Wildman–Crippen MR) is 86.5 cm³/mol. The van der Waals surface area contributed by atoms with Crippen molar-refractivity contribution in [2.24, 2.45) is 11.8 Å². The second kappa shape index (κ2) is 5.86. The van der Waals surface area contributed by atoms with E-state index < -0.39 is 10.0 Å². The van der Waals surface area contributed by atoms with E-state index in [0.29, 0.717) is 19.7 Å². The van der Waals surface area contributed by atoms with Crippen molar-refractivity contribution < 1.29 is 13.2 Å². The smallest absolute Gasteiger partial charge is 0.211 e. The molecule has 0 amide bonds. The largest absolute Gasteiger partial charge is 0.380 e. The summed E-state index contributed by atoms with van der Waals surface area (Å²) < 4.78 is 33.5. The number of hydrogen-bond acceptors (Lipinski definition) is 4. The minimum Gasteiger partial charge on any atom is -0.380 e. The first-order valence-corrected chi connectivity index (χ1v) is 10.4. The molecule has 7 heteroatoms. The second-order valence-electron chi connectivity index (χ2n) is 7.41. The van der Waals surface area contributed by atoms with E-state index >= 15 is 0 Å². The van der Waals surface area contributed by atoms with E-state index in [1.54, 1.807) is 4.31 Å². The summed E-state index contributed by atoms with van der Waals surface area (Å²) in [4.78, 5) is 0. The molecule has 1 aliphatic heterocycles. The molecule has 0 bridgehead atoms. The number of nitrogens with zero attached hydrogens (tertiary/aromatic N) is 3. The zero-order chi connectivity index (χ0) is 16.0. The molecule has 0 aromatic carbocycles. The van der Waals surface area contributed by atoms with Crippen LogP contribution >= 0.6 is 0 Å². The van der Waals surface area contributed by atoms with E-state index in [9.17, 15) is 8.42 Å². The van der Waals surface area contributed by atoms with Gasteiger partial charge in [0.1, 0.15) is 0 Å². The average molecular weight is 339 g/mol. The molecule has 1 aromatic heterocycles. The molecular formula is C16H25N3O3S. The van der Waals surface area contributed by atoms with Crippen LogP contribution in [0.25, 0.3) is 0 Å². The number of aromatic nitrogens is 2. The normalized spacial score (nSPS) is 25.5. The Hall–Kier alpha value is -0.920. The van der Waals surface area contributed by atoms with Gasteiger partial charge >= 0.3 is 0 Å². The average Bonchev–Trinajstić information content (AvgIpc) is 3.39. The summed E-state index contributed by atoms with van der Waals surface area (Å²) in [6.07, 6.45) is 8.24. The highest BCUT2D eigenvalue weighted by Crippen LogP contribution is 2.35. The molecule has 128 valence electrons. The van der Waals surface area contributed by atoms with Crippen LogP contribution < -0.4 is 0 Å². The van der Waals surface area contributed by atoms with Crippen LogP contribution in [0.15, 0.2) is 6.20 Å². The fourth-order valence-corrected chi connectivity index (χ4v) is 4.18. The van der Waals surface area contributed by atoms with Crippen LogP contribution in [0.3, 0.4) is 0 Å². The molecular weight excluding hydrogens is 314 g/mol. The maximum atomic E-state index is 12.0. The van der Waals surface area contributed by atoms with Gasteiger partial charge in [0.25, 0.3) is 0 Å². The van der Waals surface area contributed by atoms with Gasteiger partial charge in [-0.15, -0.1) is 0 Å². The Balaban J connectivity index is 1.54. The van der Waals surface area contributed by atoms with Gasteiger partial charge in [-0.05, 0) is 37.5 Å². The number of ether oxygens (including phenoxy) is 1. The molecule has 2 fully saturated rings. The number of fused-ring (bicyclic) bond motifs is 1. The van der Waals surface area contributed by atoms with E-state index in [2.05, 4.69) is 9.78 Å². The monoisotopic (exact) mass is 339 g/mol. The van der Waals surface area contributed by atoms with E-state index in [4.69, 9.17) is 4.74 Å². The minimum absolute atomic E-state index is 0.0912. The van der Waals surface area contributed by atoms with Crippen molar-refractivity contribution in [3.05, 3.63) is 17.5 Å². The molecule has 6 nitrogen and oxygen atoms in total. The summed E-state index contributed by atoms with van der Waals surface area (Å²) in [5.41, 5.74) is 2.25. The Morgan fingerprint density at radius 3 is 2.61 bits per heavy atom. The number of sulfonamides is 1. The fraction of sp³-hybridized carbons (Fsp3) is 0.812. The number of hydrogen-bond donors (Lipinski definition) is 0. The summed E-state index contributed by atoms with van der Waals surface area (Å²) >= 11 is 0. The van der Waals surface area contributed by atoms with Gasteiger partial charge in [-0.3, -0.25) is 4.68 Å². The Morgan fingerprint density at radius 1 is 1.22 bits per heavy atom. The Kier molecular flexibility index (Phi) is 3.98. The maximum Gasteiger partial charge on any atom is 0.211 e. The SMILES string of the molecule is CS(=O)(=O)N1Cc2cnn(CC3CC3)c2[C@H](COCC2CC2)C1. The third-order valence-corrected chi connectivity index (χ3v) is 6.30. The molecule has 0 saturated heterocycles. The summed E-state index contributed by atoms with van der Waals surface area (Å²) in [5, 5.41) is 4.54. The van der Waals surface area contributed by atoms with Crippen LogP contribution in [0.2, 0.25) is 0 Å². The third-order valence-electron chi connectivity index (χ3n) is 5.08. The first kappa shape index (κ1) is 15.6. The van der Waals surface area contributed by atoms with E-state index in [1.807, 2.05) is 6.20 Å². The van der Waals surface area contributed by atoms with Crippen LogP contribution in [0.1, 0.15) is 42.9 Å². The lowest BCUT2D eigenvalue weighted by Gasteiger charge is -2.31. The molecule has 0 radical (unpaired) electrons. The second-order valence-corrected chi connectivity index (χ2v) is 9.40. The van der Waals surface area contributed by atoms with Crippen LogP contribution in [0.4, 0.5) is 0 Å². The Labute approximate surface area is 137 Å². The molecule has 1 atom stereocenters. The zero-order valence-corrected chi connectivity index (χ0v) is 14.5. The first-order valence-electron chi connectivity index (χ1n) is 8.58. The molecule has 4 rings (SSSR count). The number of rotatable bonds is 7. The highest BCUT2D eigenvalue weighted by Gasteiger charge is 2.35. The van der Waals surface area contributed by atoms with Crippen molar-refractivity contribution in [1.29, 1.82) is 0 Å². The Bertz CT molecular complexity index is 677. The maximum absolute atomic E-state index is 12.0. The highest BCUT2D eigenvalue weighted by atomic mass is 32.2. The lowest BCUT2D eigenvalue weighted by molar-refractivity contribution is 0.0994. The van der Waals surface area contributed by atoms with Gasteiger partial charge in [-0.25, -0.2) is 8.42 Å². The fourth-order valence-electron chi connectivity index (χ4n) is 3.35. The van der Waals surface area contributed by atoms with Crippen LogP contribution in [0, 0.1) is 11.8 Å². The zero-order valence-electron chi connectivity index (χ0n) is 13.6. The van der Waals surface area contributed by atoms with E-state index in [-0.39, 0.29) is 5.92 Å². The van der Waals surface area contributed by atoms with Gasteiger partial charge in [0.15, 0.2) is 0 Å². The van der Waals surface area contributed by atoms with Crippen molar-refractivity contribution in [1.82, 2.24) is 14.1 Å². The van der Waals surface area contributed by atoms with Crippen LogP contribution in [0.5, 0.6) is 0 Å². The first-order chi connectivity index (χ1) is 11.0. The predicted octanol–water partition coefficient (Wildman–Crippen LogP) is 1.58. The van der Waals surface area contributed by atoms with Gasteiger partial charge in [0.2, 0.25) is 10.0 Å². The lowest BCUT2D eigenvalue weighted by Crippen LogP contribution is -2.39. The molecule has 23 heavy (non-hydrogen) atoms. The molecule has 2 saturated carbocycles. The van der Waals surface area contributed by atoms with Gasteiger partial charge < -0.3 is 4.74 Å². The van der Waals surface area contributed by atoms with Crippen molar-refractivity contribution in [2.45, 2.75) is 44.7 Å². The third kappa shape index (κ3) is 3.61. The minimum atomic E-state index is -3.19. The van der Waals surface area contributed by atoms with Crippen molar-refractivity contribution >= 4 is 10.0 Å². The van der Waals surface area contributed by atoms with Gasteiger partial charge in [0, 0.05) is 43.4 Å². The van der Waals surface area contributed by atoms with E-state index in [0.717, 1.165) is 30.6 Å². The molecule has 0 unspecified atom stereocenters. The quantitative estimate of drug-likeness (QED) is 0.756. The van der Waals surface area contributed by atoms with Gasteiger partial charge in [0.05, 0.1) is 19.1 Å². The van der Waals surface area contributed by atoms with Gasteiger partial charge in [-0.1, -0.05) is 0 Å². The molecule has 0 spiro atoms. The lowest BCUT2D eigenvalue weighted by atomic mass is 9.98.